The lowest BCUT2D eigenvalue weighted by atomic mass is 10.1. The lowest BCUT2D eigenvalue weighted by molar-refractivity contribution is 0.0653. The van der Waals surface area contributed by atoms with Crippen LogP contribution in [0.15, 0.2) is 48.7 Å². The Morgan fingerprint density at radius 1 is 0.933 bits per heavy atom. The van der Waals surface area contributed by atoms with Gasteiger partial charge in [-0.05, 0) is 49.1 Å². The van der Waals surface area contributed by atoms with Gasteiger partial charge in [0.2, 0.25) is 0 Å². The number of carbonyl (C=O) groups excluding carboxylic acids is 2. The van der Waals surface area contributed by atoms with E-state index in [1.807, 2.05) is 23.9 Å². The first-order valence-corrected chi connectivity index (χ1v) is 10.4. The van der Waals surface area contributed by atoms with Crippen LogP contribution >= 0.6 is 11.6 Å². The predicted molar refractivity (Wildman–Crippen MR) is 116 cm³/mol. The maximum atomic E-state index is 12.6. The Labute approximate surface area is 179 Å². The third-order valence-electron chi connectivity index (χ3n) is 5.78. The number of carbonyl (C=O) groups is 2. The summed E-state index contributed by atoms with van der Waals surface area (Å²) >= 11 is 6.31. The van der Waals surface area contributed by atoms with Crippen LogP contribution in [0.25, 0.3) is 0 Å². The van der Waals surface area contributed by atoms with E-state index in [-0.39, 0.29) is 11.8 Å². The monoisotopic (exact) mass is 420 g/mol. The van der Waals surface area contributed by atoms with Crippen molar-refractivity contribution in [1.82, 2.24) is 14.7 Å². The number of aryl methyl sites for hydroxylation is 3. The molecule has 0 spiro atoms. The van der Waals surface area contributed by atoms with Gasteiger partial charge in [-0.2, -0.15) is 5.10 Å². The molecule has 0 fully saturated rings. The summed E-state index contributed by atoms with van der Waals surface area (Å²) in [6.45, 7) is 0.992. The molecular formula is C23H21ClN4O2. The molecule has 0 radical (unpaired) electrons. The zero-order valence-corrected chi connectivity index (χ0v) is 17.4. The summed E-state index contributed by atoms with van der Waals surface area (Å²) < 4.78 is 1.83. The zero-order valence-electron chi connectivity index (χ0n) is 16.6. The molecule has 5 rings (SSSR count). The van der Waals surface area contributed by atoms with E-state index in [4.69, 9.17) is 11.6 Å². The minimum absolute atomic E-state index is 0.214. The molecule has 0 aliphatic carbocycles. The zero-order chi connectivity index (χ0) is 20.8. The first-order valence-electron chi connectivity index (χ1n) is 10.1. The number of nitrogens with zero attached hydrogens (tertiary/aromatic N) is 4. The first kappa shape index (κ1) is 18.9. The number of benzene rings is 2. The first-order chi connectivity index (χ1) is 14.5. The number of amides is 2. The van der Waals surface area contributed by atoms with E-state index in [1.165, 1.54) is 16.0 Å². The highest BCUT2D eigenvalue weighted by atomic mass is 35.5. The van der Waals surface area contributed by atoms with E-state index in [0.29, 0.717) is 35.7 Å². The molecule has 6 nitrogen and oxygen atoms in total. The van der Waals surface area contributed by atoms with Crippen molar-refractivity contribution in [2.75, 3.05) is 18.0 Å². The fourth-order valence-corrected chi connectivity index (χ4v) is 4.53. The van der Waals surface area contributed by atoms with Crippen molar-refractivity contribution >= 4 is 34.9 Å². The van der Waals surface area contributed by atoms with Crippen molar-refractivity contribution in [1.29, 1.82) is 0 Å². The Morgan fingerprint density at radius 2 is 1.60 bits per heavy atom. The van der Waals surface area contributed by atoms with Crippen LogP contribution in [0, 0.1) is 0 Å². The Morgan fingerprint density at radius 3 is 2.33 bits per heavy atom. The summed E-state index contributed by atoms with van der Waals surface area (Å²) in [5.74, 6) is 0.489. The van der Waals surface area contributed by atoms with Gasteiger partial charge >= 0.3 is 0 Å². The Hall–Kier alpha value is -3.12. The van der Waals surface area contributed by atoms with Crippen molar-refractivity contribution in [3.05, 3.63) is 75.9 Å². The van der Waals surface area contributed by atoms with E-state index in [0.717, 1.165) is 24.3 Å². The van der Waals surface area contributed by atoms with Crippen LogP contribution in [0.4, 0.5) is 11.5 Å². The molecule has 2 aliphatic heterocycles. The Kier molecular flexibility index (Phi) is 4.59. The molecule has 152 valence electrons. The number of hydrogen-bond donors (Lipinski definition) is 0. The summed E-state index contributed by atoms with van der Waals surface area (Å²) in [5.41, 5.74) is 4.43. The van der Waals surface area contributed by atoms with Crippen LogP contribution < -0.4 is 4.90 Å². The molecule has 0 unspecified atom stereocenters. The van der Waals surface area contributed by atoms with Crippen molar-refractivity contribution in [3.63, 3.8) is 0 Å². The number of aromatic nitrogens is 2. The van der Waals surface area contributed by atoms with Gasteiger partial charge in [-0.1, -0.05) is 29.8 Å². The molecule has 30 heavy (non-hydrogen) atoms. The Bertz CT molecular complexity index is 1130. The van der Waals surface area contributed by atoms with E-state index in [9.17, 15) is 9.59 Å². The van der Waals surface area contributed by atoms with Gasteiger partial charge in [0.1, 0.15) is 0 Å². The lowest BCUT2D eigenvalue weighted by Crippen LogP contribution is -2.33. The molecule has 3 aromatic rings. The number of halogens is 1. The SMILES string of the molecule is Cn1cc2c(n1)N(CCCN1C(=O)c3ccccc3C1=O)c1cc(Cl)ccc1CC2. The molecular weight excluding hydrogens is 400 g/mol. The molecule has 3 heterocycles. The second kappa shape index (κ2) is 7.29. The highest BCUT2D eigenvalue weighted by Crippen LogP contribution is 2.36. The molecule has 7 heteroatoms. The standard InChI is InChI=1S/C23H21ClN4O2/c1-26-14-16-8-7-15-9-10-17(24)13-20(15)27(21(16)25-26)11-4-12-28-22(29)18-5-2-3-6-19(18)23(28)30/h2-3,5-6,9-10,13-14H,4,7-8,11-12H2,1H3. The number of imide groups is 1. The number of hydrogen-bond acceptors (Lipinski definition) is 4. The molecule has 0 atom stereocenters. The van der Waals surface area contributed by atoms with E-state index in [2.05, 4.69) is 22.3 Å². The van der Waals surface area contributed by atoms with Gasteiger partial charge in [-0.3, -0.25) is 19.2 Å². The predicted octanol–water partition coefficient (Wildman–Crippen LogP) is 4.00. The average Bonchev–Trinajstić information content (AvgIpc) is 3.18. The van der Waals surface area contributed by atoms with Crippen LogP contribution in [-0.2, 0) is 19.9 Å². The van der Waals surface area contributed by atoms with Crippen LogP contribution in [0.1, 0.15) is 38.3 Å². The molecule has 0 saturated heterocycles. The van der Waals surface area contributed by atoms with Gasteiger partial charge in [0.15, 0.2) is 5.82 Å². The van der Waals surface area contributed by atoms with Crippen molar-refractivity contribution in [2.24, 2.45) is 7.05 Å². The summed E-state index contributed by atoms with van der Waals surface area (Å²) in [5, 5.41) is 5.37. The maximum Gasteiger partial charge on any atom is 0.261 e. The van der Waals surface area contributed by atoms with Crippen LogP contribution in [0.5, 0.6) is 0 Å². The summed E-state index contributed by atoms with van der Waals surface area (Å²) in [6, 6.07) is 13.0. The quantitative estimate of drug-likeness (QED) is 0.599. The van der Waals surface area contributed by atoms with Crippen LogP contribution in [-0.4, -0.2) is 39.6 Å². The van der Waals surface area contributed by atoms with Crippen molar-refractivity contribution < 1.29 is 9.59 Å². The molecule has 1 aromatic heterocycles. The van der Waals surface area contributed by atoms with Gasteiger partial charge in [-0.15, -0.1) is 0 Å². The van der Waals surface area contributed by atoms with Gasteiger partial charge in [-0.25, -0.2) is 0 Å². The number of rotatable bonds is 4. The second-order valence-electron chi connectivity index (χ2n) is 7.74. The fraction of sp³-hybridized carbons (Fsp3) is 0.261. The highest BCUT2D eigenvalue weighted by molar-refractivity contribution is 6.31. The lowest BCUT2D eigenvalue weighted by Gasteiger charge is -2.25. The minimum atomic E-state index is -0.214. The normalized spacial score (nSPS) is 15.1. The maximum absolute atomic E-state index is 12.6. The van der Waals surface area contributed by atoms with Gasteiger partial charge in [0.05, 0.1) is 11.1 Å². The van der Waals surface area contributed by atoms with E-state index in [1.54, 1.807) is 24.3 Å². The molecule has 0 bridgehead atoms. The van der Waals surface area contributed by atoms with Gasteiger partial charge in [0, 0.05) is 42.6 Å². The van der Waals surface area contributed by atoms with E-state index >= 15 is 0 Å². The van der Waals surface area contributed by atoms with Crippen molar-refractivity contribution in [2.45, 2.75) is 19.3 Å². The Balaban J connectivity index is 1.39. The average molecular weight is 421 g/mol. The summed E-state index contributed by atoms with van der Waals surface area (Å²) in [7, 11) is 1.92. The third kappa shape index (κ3) is 3.08. The largest absolute Gasteiger partial charge is 0.324 e. The molecule has 2 aliphatic rings. The highest BCUT2D eigenvalue weighted by Gasteiger charge is 2.35. The number of anilines is 2. The van der Waals surface area contributed by atoms with Gasteiger partial charge < -0.3 is 4.90 Å². The van der Waals surface area contributed by atoms with Crippen LogP contribution in [0.3, 0.4) is 0 Å². The summed E-state index contributed by atoms with van der Waals surface area (Å²) in [6.07, 6.45) is 4.51. The van der Waals surface area contributed by atoms with Gasteiger partial charge in [0.25, 0.3) is 11.8 Å². The summed E-state index contributed by atoms with van der Waals surface area (Å²) in [4.78, 5) is 28.8. The smallest absolute Gasteiger partial charge is 0.261 e. The fourth-order valence-electron chi connectivity index (χ4n) is 4.37. The van der Waals surface area contributed by atoms with E-state index < -0.39 is 0 Å². The molecule has 0 N–H and O–H groups in total. The van der Waals surface area contributed by atoms with Crippen molar-refractivity contribution in [3.8, 4) is 0 Å². The number of fused-ring (bicyclic) bond motifs is 3. The minimum Gasteiger partial charge on any atom is -0.324 e. The second-order valence-corrected chi connectivity index (χ2v) is 8.17. The third-order valence-corrected chi connectivity index (χ3v) is 6.02. The topological polar surface area (TPSA) is 58.4 Å². The molecule has 0 saturated carbocycles. The van der Waals surface area contributed by atoms with Crippen LogP contribution in [0.2, 0.25) is 5.02 Å². The molecule has 2 amide bonds. The molecule has 2 aromatic carbocycles.